The zero-order valence-electron chi connectivity index (χ0n) is 9.33. The number of ether oxygens (including phenoxy) is 1. The van der Waals surface area contributed by atoms with Crippen LogP contribution in [-0.4, -0.2) is 54.3 Å². The summed E-state index contributed by atoms with van der Waals surface area (Å²) in [7, 11) is 0. The van der Waals surface area contributed by atoms with Crippen LogP contribution in [0.1, 0.15) is 0 Å². The number of morpholine rings is 1. The van der Waals surface area contributed by atoms with Gasteiger partial charge in [-0.1, -0.05) is 11.6 Å². The molecule has 94 valence electrons. The number of nitrogens with zero attached hydrogens (tertiary/aromatic N) is 3. The van der Waals surface area contributed by atoms with E-state index in [2.05, 4.69) is 20.2 Å². The van der Waals surface area contributed by atoms with Gasteiger partial charge in [0.05, 0.1) is 19.4 Å². The van der Waals surface area contributed by atoms with E-state index in [1.807, 2.05) is 0 Å². The molecule has 1 fully saturated rings. The minimum absolute atomic E-state index is 0.197. The van der Waals surface area contributed by atoms with Crippen LogP contribution in [0.5, 0.6) is 0 Å². The Morgan fingerprint density at radius 2 is 2.12 bits per heavy atom. The summed E-state index contributed by atoms with van der Waals surface area (Å²) in [6.07, 6.45) is 1.49. The highest BCUT2D eigenvalue weighted by Crippen LogP contribution is 2.18. The molecular weight excluding hydrogens is 263 g/mol. The maximum Gasteiger partial charge on any atom is 0.224 e. The zero-order valence-corrected chi connectivity index (χ0v) is 10.8. The first-order chi connectivity index (χ1) is 8.25. The summed E-state index contributed by atoms with van der Waals surface area (Å²) in [5, 5.41) is 3.83. The molecule has 0 aliphatic carbocycles. The van der Waals surface area contributed by atoms with Crippen molar-refractivity contribution >= 4 is 29.0 Å². The highest BCUT2D eigenvalue weighted by Gasteiger charge is 2.10. The first-order valence-corrected chi connectivity index (χ1v) is 6.23. The summed E-state index contributed by atoms with van der Waals surface area (Å²) in [6.45, 7) is 5.26. The second-order valence-electron chi connectivity index (χ2n) is 3.72. The molecule has 0 radical (unpaired) electrons. The van der Waals surface area contributed by atoms with Gasteiger partial charge in [-0.05, 0) is 11.6 Å². The van der Waals surface area contributed by atoms with E-state index in [1.165, 1.54) is 6.20 Å². The summed E-state index contributed by atoms with van der Waals surface area (Å²) in [5.74, 6) is 0.583. The van der Waals surface area contributed by atoms with Crippen molar-refractivity contribution in [1.82, 2.24) is 14.9 Å². The Kier molecular flexibility index (Phi) is 4.79. The largest absolute Gasteiger partial charge is 0.379 e. The maximum atomic E-state index is 5.94. The van der Waals surface area contributed by atoms with Crippen LogP contribution < -0.4 is 5.32 Å². The number of hydrogen-bond donors (Lipinski definition) is 1. The predicted octanol–water partition coefficient (Wildman–Crippen LogP) is 1.53. The Morgan fingerprint density at radius 3 is 2.88 bits per heavy atom. The third kappa shape index (κ3) is 3.96. The van der Waals surface area contributed by atoms with Crippen LogP contribution in [0.15, 0.2) is 6.20 Å². The normalized spacial score (nSPS) is 17.1. The van der Waals surface area contributed by atoms with Crippen molar-refractivity contribution in [1.29, 1.82) is 0 Å². The number of anilines is 1. The van der Waals surface area contributed by atoms with Gasteiger partial charge in [-0.3, -0.25) is 4.90 Å². The van der Waals surface area contributed by atoms with Gasteiger partial charge < -0.3 is 10.1 Å². The second kappa shape index (κ2) is 6.35. The van der Waals surface area contributed by atoms with Gasteiger partial charge in [0.1, 0.15) is 10.8 Å². The molecule has 2 heterocycles. The lowest BCUT2D eigenvalue weighted by Crippen LogP contribution is -2.39. The van der Waals surface area contributed by atoms with Crippen molar-refractivity contribution in [2.75, 3.05) is 44.7 Å². The molecule has 1 aliphatic rings. The van der Waals surface area contributed by atoms with Gasteiger partial charge in [0, 0.05) is 26.2 Å². The molecule has 1 aliphatic heterocycles. The van der Waals surface area contributed by atoms with Crippen LogP contribution in [0.25, 0.3) is 0 Å². The van der Waals surface area contributed by atoms with Crippen LogP contribution >= 0.6 is 23.2 Å². The Bertz CT molecular complexity index is 371. The Hall–Kier alpha value is -0.620. The molecule has 0 bridgehead atoms. The maximum absolute atomic E-state index is 5.94. The van der Waals surface area contributed by atoms with Crippen LogP contribution in [0.3, 0.4) is 0 Å². The minimum Gasteiger partial charge on any atom is -0.379 e. The monoisotopic (exact) mass is 276 g/mol. The number of hydrogen-bond acceptors (Lipinski definition) is 5. The van der Waals surface area contributed by atoms with Crippen molar-refractivity contribution in [2.24, 2.45) is 0 Å². The molecule has 0 atom stereocenters. The molecule has 7 heteroatoms. The average Bonchev–Trinajstić information content (AvgIpc) is 2.35. The summed E-state index contributed by atoms with van der Waals surface area (Å²) in [4.78, 5) is 10.1. The van der Waals surface area contributed by atoms with E-state index >= 15 is 0 Å². The predicted molar refractivity (Wildman–Crippen MR) is 67.8 cm³/mol. The van der Waals surface area contributed by atoms with Gasteiger partial charge in [0.2, 0.25) is 5.28 Å². The molecule has 0 unspecified atom stereocenters. The molecule has 0 saturated carbocycles. The molecule has 1 aromatic rings. The van der Waals surface area contributed by atoms with Crippen LogP contribution in [-0.2, 0) is 4.74 Å². The fourth-order valence-electron chi connectivity index (χ4n) is 1.63. The van der Waals surface area contributed by atoms with E-state index in [9.17, 15) is 0 Å². The average molecular weight is 277 g/mol. The van der Waals surface area contributed by atoms with Gasteiger partial charge in [0.25, 0.3) is 0 Å². The van der Waals surface area contributed by atoms with Crippen molar-refractivity contribution in [3.8, 4) is 0 Å². The second-order valence-corrected chi connectivity index (χ2v) is 4.46. The first-order valence-electron chi connectivity index (χ1n) is 5.48. The molecular formula is C10H14Cl2N4O. The molecule has 5 nitrogen and oxygen atoms in total. The van der Waals surface area contributed by atoms with Gasteiger partial charge in [0.15, 0.2) is 0 Å². The van der Waals surface area contributed by atoms with Gasteiger partial charge in [-0.15, -0.1) is 0 Å². The van der Waals surface area contributed by atoms with Gasteiger partial charge >= 0.3 is 0 Å². The summed E-state index contributed by atoms with van der Waals surface area (Å²) in [5.41, 5.74) is 0. The van der Waals surface area contributed by atoms with Crippen molar-refractivity contribution in [3.63, 3.8) is 0 Å². The Morgan fingerprint density at radius 1 is 1.35 bits per heavy atom. The van der Waals surface area contributed by atoms with E-state index in [4.69, 9.17) is 27.9 Å². The highest BCUT2D eigenvalue weighted by molar-refractivity contribution is 6.33. The smallest absolute Gasteiger partial charge is 0.224 e. The first kappa shape index (κ1) is 12.8. The Labute approximate surface area is 110 Å². The van der Waals surface area contributed by atoms with Crippen LogP contribution in [0.2, 0.25) is 10.3 Å². The van der Waals surface area contributed by atoms with Gasteiger partial charge in [-0.2, -0.15) is 4.98 Å². The summed E-state index contributed by atoms with van der Waals surface area (Å²) >= 11 is 11.6. The van der Waals surface area contributed by atoms with E-state index in [0.717, 1.165) is 39.4 Å². The standard InChI is InChI=1S/C10H14Cl2N4O/c11-8-7-14-10(12)15-9(8)13-1-2-16-3-5-17-6-4-16/h7H,1-6H2,(H,13,14,15). The summed E-state index contributed by atoms with van der Waals surface area (Å²) in [6, 6.07) is 0. The van der Waals surface area contributed by atoms with E-state index in [-0.39, 0.29) is 5.28 Å². The van der Waals surface area contributed by atoms with Crippen LogP contribution in [0, 0.1) is 0 Å². The summed E-state index contributed by atoms with van der Waals surface area (Å²) < 4.78 is 5.28. The van der Waals surface area contributed by atoms with Gasteiger partial charge in [-0.25, -0.2) is 4.98 Å². The van der Waals surface area contributed by atoms with Crippen molar-refractivity contribution < 1.29 is 4.74 Å². The van der Waals surface area contributed by atoms with Crippen LogP contribution in [0.4, 0.5) is 5.82 Å². The molecule has 17 heavy (non-hydrogen) atoms. The van der Waals surface area contributed by atoms with E-state index in [1.54, 1.807) is 0 Å². The molecule has 1 N–H and O–H groups in total. The number of nitrogens with one attached hydrogen (secondary N) is 1. The third-order valence-electron chi connectivity index (χ3n) is 2.54. The minimum atomic E-state index is 0.197. The number of halogens is 2. The van der Waals surface area contributed by atoms with Crippen molar-refractivity contribution in [3.05, 3.63) is 16.5 Å². The number of aromatic nitrogens is 2. The molecule has 1 aromatic heterocycles. The fraction of sp³-hybridized carbons (Fsp3) is 0.600. The number of rotatable bonds is 4. The quantitative estimate of drug-likeness (QED) is 0.846. The lowest BCUT2D eigenvalue weighted by molar-refractivity contribution is 0.0398. The molecule has 2 rings (SSSR count). The highest BCUT2D eigenvalue weighted by atomic mass is 35.5. The lowest BCUT2D eigenvalue weighted by Gasteiger charge is -2.26. The van der Waals surface area contributed by atoms with Crippen molar-refractivity contribution in [2.45, 2.75) is 0 Å². The third-order valence-corrected chi connectivity index (χ3v) is 3.00. The molecule has 0 spiro atoms. The molecule has 0 amide bonds. The van der Waals surface area contributed by atoms with E-state index in [0.29, 0.717) is 10.8 Å². The topological polar surface area (TPSA) is 50.3 Å². The molecule has 0 aromatic carbocycles. The lowest BCUT2D eigenvalue weighted by atomic mass is 10.4. The SMILES string of the molecule is Clc1ncc(Cl)c(NCCN2CCOCC2)n1. The van der Waals surface area contributed by atoms with E-state index < -0.39 is 0 Å². The zero-order chi connectivity index (χ0) is 12.1. The molecule has 1 saturated heterocycles. The Balaban J connectivity index is 1.79. The fourth-order valence-corrected chi connectivity index (χ4v) is 1.92.